The lowest BCUT2D eigenvalue weighted by Gasteiger charge is -2.58. The molecule has 1 aromatic carbocycles. The Bertz CT molecular complexity index is 1010. The fraction of sp³-hybridized carbons (Fsp3) is 0.643. The van der Waals surface area contributed by atoms with Crippen molar-refractivity contribution in [1.29, 1.82) is 0 Å². The second kappa shape index (κ2) is 8.58. The molecule has 4 aliphatic carbocycles. The molecule has 0 aromatic heterocycles. The number of ketones is 2. The molecule has 34 heavy (non-hydrogen) atoms. The molecular formula is C28H37NO4S. The number of hydroxylamine groups is 2. The Labute approximate surface area is 207 Å². The lowest BCUT2D eigenvalue weighted by atomic mass is 9.46. The molecule has 3 saturated carbocycles. The fourth-order valence-corrected chi connectivity index (χ4v) is 9.57. The smallest absolute Gasteiger partial charge is 0.155 e. The van der Waals surface area contributed by atoms with Crippen LogP contribution in [0.4, 0.5) is 0 Å². The van der Waals surface area contributed by atoms with Crippen LogP contribution >= 0.6 is 11.9 Å². The van der Waals surface area contributed by atoms with Gasteiger partial charge in [0, 0.05) is 18.3 Å². The van der Waals surface area contributed by atoms with Crippen molar-refractivity contribution in [1.82, 2.24) is 0 Å². The van der Waals surface area contributed by atoms with Gasteiger partial charge in [-0.25, -0.2) is 5.21 Å². The first-order valence-electron chi connectivity index (χ1n) is 12.8. The number of hydrogen-bond acceptors (Lipinski definition) is 5. The molecule has 5 nitrogen and oxygen atoms in total. The molecule has 184 valence electrons. The first-order valence-corrected chi connectivity index (χ1v) is 13.6. The second-order valence-electron chi connectivity index (χ2n) is 11.8. The number of benzene rings is 1. The molecule has 1 aromatic rings. The van der Waals surface area contributed by atoms with Gasteiger partial charge in [-0.2, -0.15) is 0 Å². The minimum atomic E-state index is -1.40. The highest BCUT2D eigenvalue weighted by Gasteiger charge is 2.63. The van der Waals surface area contributed by atoms with Crippen molar-refractivity contribution >= 4 is 23.5 Å². The van der Waals surface area contributed by atoms with Crippen LogP contribution < -0.4 is 0 Å². The van der Waals surface area contributed by atoms with E-state index in [4.69, 9.17) is 0 Å². The highest BCUT2D eigenvalue weighted by Crippen LogP contribution is 2.68. The quantitative estimate of drug-likeness (QED) is 0.299. The van der Waals surface area contributed by atoms with E-state index in [1.165, 1.54) is 5.57 Å². The van der Waals surface area contributed by atoms with Gasteiger partial charge >= 0.3 is 0 Å². The summed E-state index contributed by atoms with van der Waals surface area (Å²) in [4.78, 5) is 25.8. The normalized spacial score (nSPS) is 41.0. The van der Waals surface area contributed by atoms with Crippen molar-refractivity contribution < 1.29 is 19.0 Å². The highest BCUT2D eigenvalue weighted by atomic mass is 32.2. The summed E-state index contributed by atoms with van der Waals surface area (Å²) in [6.45, 7) is 6.35. The number of carbonyl (C=O) groups is 2. The number of allylic oxidation sites excluding steroid dienone is 1. The molecule has 0 heterocycles. The SMILES string of the molecule is CC(=O)[C@H]1[C@H](C[N+]([O-])(O)Sc2ccccc2)C[C@H]2[C@@H]3CCC4=CC(=O)CC[C@]4(C)[C@H]3CC[C@@]21C. The van der Waals surface area contributed by atoms with Gasteiger partial charge < -0.3 is 5.21 Å². The Morgan fingerprint density at radius 2 is 1.88 bits per heavy atom. The van der Waals surface area contributed by atoms with Crippen LogP contribution in [0.2, 0.25) is 0 Å². The number of Topliss-reactive ketones (excluding diaryl/α,β-unsaturated/α-hetero) is 1. The van der Waals surface area contributed by atoms with E-state index >= 15 is 0 Å². The molecule has 4 aliphatic rings. The third-order valence-electron chi connectivity index (χ3n) is 10.0. The van der Waals surface area contributed by atoms with Gasteiger partial charge in [-0.3, -0.25) is 9.59 Å². The van der Waals surface area contributed by atoms with E-state index in [-0.39, 0.29) is 40.8 Å². The predicted molar refractivity (Wildman–Crippen MR) is 132 cm³/mol. The molecule has 6 heteroatoms. The van der Waals surface area contributed by atoms with E-state index < -0.39 is 4.21 Å². The fourth-order valence-electron chi connectivity index (χ4n) is 8.69. The molecule has 0 saturated heterocycles. The van der Waals surface area contributed by atoms with Crippen molar-refractivity contribution in [2.75, 3.05) is 6.54 Å². The van der Waals surface area contributed by atoms with Crippen LogP contribution in [0.25, 0.3) is 0 Å². The minimum absolute atomic E-state index is 0.0320. The van der Waals surface area contributed by atoms with Crippen LogP contribution in [0, 0.1) is 45.6 Å². The minimum Gasteiger partial charge on any atom is -0.586 e. The van der Waals surface area contributed by atoms with Crippen molar-refractivity contribution in [3.8, 4) is 0 Å². The lowest BCUT2D eigenvalue weighted by Crippen LogP contribution is -2.51. The van der Waals surface area contributed by atoms with Gasteiger partial charge in [-0.15, -0.1) is 4.21 Å². The number of carbonyl (C=O) groups excluding carboxylic acids is 2. The van der Waals surface area contributed by atoms with Crippen LogP contribution in [0.15, 0.2) is 46.9 Å². The Kier molecular flexibility index (Phi) is 6.11. The second-order valence-corrected chi connectivity index (χ2v) is 13.0. The van der Waals surface area contributed by atoms with Crippen molar-refractivity contribution in [3.05, 3.63) is 47.2 Å². The summed E-state index contributed by atoms with van der Waals surface area (Å²) in [7, 11) is 0. The molecule has 1 unspecified atom stereocenters. The molecule has 3 fully saturated rings. The van der Waals surface area contributed by atoms with E-state index in [9.17, 15) is 20.0 Å². The van der Waals surface area contributed by atoms with Gasteiger partial charge in [0.15, 0.2) is 5.78 Å². The van der Waals surface area contributed by atoms with Crippen molar-refractivity contribution in [2.24, 2.45) is 40.4 Å². The van der Waals surface area contributed by atoms with Gasteiger partial charge in [0.25, 0.3) is 0 Å². The maximum atomic E-state index is 13.2. The summed E-state index contributed by atoms with van der Waals surface area (Å²) in [5.74, 6) is 1.53. The zero-order chi connectivity index (χ0) is 24.3. The Balaban J connectivity index is 1.41. The summed E-state index contributed by atoms with van der Waals surface area (Å²) in [5.41, 5.74) is 1.30. The van der Waals surface area contributed by atoms with E-state index in [0.717, 1.165) is 55.4 Å². The van der Waals surface area contributed by atoms with Crippen LogP contribution in [-0.4, -0.2) is 27.5 Å². The molecule has 5 rings (SSSR count). The molecule has 0 spiro atoms. The number of nitrogens with zero attached hydrogens (tertiary/aromatic N) is 1. The third kappa shape index (κ3) is 4.01. The summed E-state index contributed by atoms with van der Waals surface area (Å²) in [6, 6.07) is 9.27. The van der Waals surface area contributed by atoms with Crippen molar-refractivity contribution in [2.45, 2.75) is 70.6 Å². The predicted octanol–water partition coefficient (Wildman–Crippen LogP) is 6.36. The summed E-state index contributed by atoms with van der Waals surface area (Å²) < 4.78 is -1.40. The van der Waals surface area contributed by atoms with Gasteiger partial charge in [0.1, 0.15) is 24.3 Å². The number of rotatable bonds is 5. The lowest BCUT2D eigenvalue weighted by molar-refractivity contribution is -0.953. The van der Waals surface area contributed by atoms with Gasteiger partial charge in [0.2, 0.25) is 0 Å². The van der Waals surface area contributed by atoms with Crippen molar-refractivity contribution in [3.63, 3.8) is 0 Å². The van der Waals surface area contributed by atoms with Crippen LogP contribution in [0.1, 0.15) is 65.7 Å². The number of fused-ring (bicyclic) bond motifs is 5. The molecule has 0 radical (unpaired) electrons. The topological polar surface area (TPSA) is 77.4 Å². The van der Waals surface area contributed by atoms with Crippen LogP contribution in [-0.2, 0) is 9.59 Å². The molecule has 0 amide bonds. The van der Waals surface area contributed by atoms with Gasteiger partial charge in [-0.05, 0) is 92.2 Å². The Morgan fingerprint density at radius 3 is 2.59 bits per heavy atom. The molecule has 1 N–H and O–H groups in total. The first kappa shape index (κ1) is 24.2. The average molecular weight is 484 g/mol. The van der Waals surface area contributed by atoms with Gasteiger partial charge in [-0.1, -0.05) is 37.6 Å². The Hall–Kier alpha value is -1.47. The highest BCUT2D eigenvalue weighted by molar-refractivity contribution is 7.93. The van der Waals surface area contributed by atoms with E-state index in [1.807, 2.05) is 36.4 Å². The molecule has 8 atom stereocenters. The first-order chi connectivity index (χ1) is 16.0. The molecule has 0 aliphatic heterocycles. The summed E-state index contributed by atoms with van der Waals surface area (Å²) in [6.07, 6.45) is 8.42. The third-order valence-corrected chi connectivity index (χ3v) is 10.9. The van der Waals surface area contributed by atoms with Crippen LogP contribution in [0.3, 0.4) is 0 Å². The average Bonchev–Trinajstić information content (AvgIpc) is 3.05. The maximum Gasteiger partial charge on any atom is 0.155 e. The van der Waals surface area contributed by atoms with E-state index in [1.54, 1.807) is 6.92 Å². The standard InChI is InChI=1S/C28H37NO4S/c1-18(30)26-19(17-29(32,33)34-22-7-5-4-6-8-22)15-25-23-10-9-20-16-21(31)11-13-27(20,2)24(23)12-14-28(25,26)3/h4-8,16,19,23-26,32H,9-15,17H2,1-3H3/t19-,23+,24-,25-,26-,27-,28-/m0/s1. The summed E-state index contributed by atoms with van der Waals surface area (Å²) in [5, 5.41) is 24.0. The zero-order valence-electron chi connectivity index (χ0n) is 20.5. The Morgan fingerprint density at radius 1 is 1.15 bits per heavy atom. The van der Waals surface area contributed by atoms with E-state index in [2.05, 4.69) is 13.8 Å². The van der Waals surface area contributed by atoms with Gasteiger partial charge in [0.05, 0.1) is 4.90 Å². The van der Waals surface area contributed by atoms with Crippen LogP contribution in [0.5, 0.6) is 0 Å². The monoisotopic (exact) mass is 483 g/mol. The number of quaternary nitrogens is 1. The summed E-state index contributed by atoms with van der Waals surface area (Å²) >= 11 is 0.903. The largest absolute Gasteiger partial charge is 0.586 e. The molecular weight excluding hydrogens is 446 g/mol. The zero-order valence-corrected chi connectivity index (χ0v) is 21.4. The number of hydrogen-bond donors (Lipinski definition) is 1. The molecule has 0 bridgehead atoms. The maximum absolute atomic E-state index is 13.2. The van der Waals surface area contributed by atoms with E-state index in [0.29, 0.717) is 24.2 Å².